The van der Waals surface area contributed by atoms with Gasteiger partial charge in [-0.25, -0.2) is 9.18 Å². The first-order chi connectivity index (χ1) is 13.5. The van der Waals surface area contributed by atoms with Gasteiger partial charge in [0.2, 0.25) is 5.82 Å². The summed E-state index contributed by atoms with van der Waals surface area (Å²) < 4.78 is 20.0. The van der Waals surface area contributed by atoms with Gasteiger partial charge in [-0.15, -0.1) is 10.2 Å². The molecule has 0 radical (unpaired) electrons. The highest BCUT2D eigenvalue weighted by Gasteiger charge is 2.47. The highest BCUT2D eigenvalue weighted by atomic mass is 19.1. The number of anilines is 1. The zero-order chi connectivity index (χ0) is 19.4. The molecule has 2 aliphatic heterocycles. The molecule has 2 atom stereocenters. The first-order valence-corrected chi connectivity index (χ1v) is 8.69. The number of rotatable bonds is 3. The second-order valence-corrected chi connectivity index (χ2v) is 6.74. The van der Waals surface area contributed by atoms with Crippen molar-refractivity contribution in [1.82, 2.24) is 25.2 Å². The van der Waals surface area contributed by atoms with Crippen molar-refractivity contribution >= 4 is 11.8 Å². The molecule has 10 heteroatoms. The Morgan fingerprint density at radius 2 is 2.21 bits per heavy atom. The molecule has 0 saturated carbocycles. The van der Waals surface area contributed by atoms with Crippen molar-refractivity contribution in [2.45, 2.75) is 18.6 Å². The molecular formula is C18H15FN6O3. The largest absolute Gasteiger partial charge is 0.441 e. The zero-order valence-corrected chi connectivity index (χ0v) is 14.8. The number of carbonyl (C=O) groups excluding carboxylic acids is 1. The second-order valence-electron chi connectivity index (χ2n) is 6.74. The minimum Gasteiger partial charge on any atom is -0.441 e. The van der Waals surface area contributed by atoms with Gasteiger partial charge in [-0.3, -0.25) is 9.88 Å². The Balaban J connectivity index is 1.50. The maximum atomic E-state index is 14.8. The molecule has 3 aromatic rings. The van der Waals surface area contributed by atoms with Crippen LogP contribution in [0.3, 0.4) is 0 Å². The molecule has 1 fully saturated rings. The number of ether oxygens (including phenoxy) is 1. The van der Waals surface area contributed by atoms with Gasteiger partial charge in [0.05, 0.1) is 25.4 Å². The Hall–Kier alpha value is -3.40. The van der Waals surface area contributed by atoms with Crippen LogP contribution in [0.15, 0.2) is 30.5 Å². The predicted molar refractivity (Wildman–Crippen MR) is 94.7 cm³/mol. The van der Waals surface area contributed by atoms with Crippen LogP contribution >= 0.6 is 0 Å². The van der Waals surface area contributed by atoms with E-state index < -0.39 is 18.0 Å². The van der Waals surface area contributed by atoms with Gasteiger partial charge in [0.25, 0.3) is 0 Å². The average molecular weight is 382 g/mol. The maximum Gasteiger partial charge on any atom is 0.415 e. The molecule has 1 saturated heterocycles. The number of nitrogens with zero attached hydrogens (tertiary/aromatic N) is 6. The topological polar surface area (TPSA) is 106 Å². The van der Waals surface area contributed by atoms with Crippen LogP contribution in [0.4, 0.5) is 14.9 Å². The first-order valence-electron chi connectivity index (χ1n) is 8.69. The van der Waals surface area contributed by atoms with Crippen LogP contribution in [0.25, 0.3) is 22.6 Å². The number of benzene rings is 1. The van der Waals surface area contributed by atoms with E-state index in [1.807, 2.05) is 0 Å². The number of aryl methyl sites for hydroxylation is 1. The lowest BCUT2D eigenvalue weighted by Crippen LogP contribution is -2.34. The molecule has 0 bridgehead atoms. The average Bonchev–Trinajstić information content (AvgIpc) is 3.36. The third kappa shape index (κ3) is 2.45. The molecule has 1 N–H and O–H groups in total. The summed E-state index contributed by atoms with van der Waals surface area (Å²) >= 11 is 0. The summed E-state index contributed by atoms with van der Waals surface area (Å²) in [5, 5.41) is 21.2. The van der Waals surface area contributed by atoms with Crippen LogP contribution in [-0.2, 0) is 18.2 Å². The van der Waals surface area contributed by atoms with Crippen LogP contribution in [0.1, 0.15) is 5.56 Å². The van der Waals surface area contributed by atoms with E-state index in [2.05, 4.69) is 20.4 Å². The van der Waals surface area contributed by atoms with Crippen molar-refractivity contribution < 1.29 is 19.0 Å². The van der Waals surface area contributed by atoms with Crippen molar-refractivity contribution in [1.29, 1.82) is 0 Å². The van der Waals surface area contributed by atoms with Gasteiger partial charge in [-0.05, 0) is 35.4 Å². The highest BCUT2D eigenvalue weighted by molar-refractivity contribution is 5.94. The fourth-order valence-corrected chi connectivity index (χ4v) is 3.74. The predicted octanol–water partition coefficient (Wildman–Crippen LogP) is 1.32. The number of pyridine rings is 1. The van der Waals surface area contributed by atoms with Crippen LogP contribution < -0.4 is 4.90 Å². The van der Waals surface area contributed by atoms with Crippen molar-refractivity contribution in [2.75, 3.05) is 11.5 Å². The molecule has 4 heterocycles. The summed E-state index contributed by atoms with van der Waals surface area (Å²) in [4.78, 5) is 19.1. The smallest absolute Gasteiger partial charge is 0.415 e. The lowest BCUT2D eigenvalue weighted by Gasteiger charge is -2.15. The molecule has 0 spiro atoms. The highest BCUT2D eigenvalue weighted by Crippen LogP contribution is 2.41. The molecule has 5 rings (SSSR count). The molecular weight excluding hydrogens is 367 g/mol. The molecule has 0 unspecified atom stereocenters. The van der Waals surface area contributed by atoms with E-state index in [4.69, 9.17) is 4.74 Å². The molecule has 142 valence electrons. The van der Waals surface area contributed by atoms with Gasteiger partial charge in [0.1, 0.15) is 17.6 Å². The number of hydrogen-bond donors (Lipinski definition) is 1. The number of hydrogen-bond acceptors (Lipinski definition) is 7. The monoisotopic (exact) mass is 382 g/mol. The van der Waals surface area contributed by atoms with Gasteiger partial charge in [-0.1, -0.05) is 6.07 Å². The van der Waals surface area contributed by atoms with Crippen molar-refractivity contribution in [3.8, 4) is 22.6 Å². The van der Waals surface area contributed by atoms with E-state index in [0.29, 0.717) is 34.8 Å². The molecule has 2 aliphatic rings. The van der Waals surface area contributed by atoms with Gasteiger partial charge < -0.3 is 9.84 Å². The number of aromatic nitrogens is 5. The van der Waals surface area contributed by atoms with Crippen LogP contribution in [-0.4, -0.2) is 55.1 Å². The Morgan fingerprint density at radius 1 is 1.36 bits per heavy atom. The van der Waals surface area contributed by atoms with Crippen molar-refractivity contribution in [2.24, 2.45) is 7.05 Å². The molecule has 28 heavy (non-hydrogen) atoms. The van der Waals surface area contributed by atoms with Gasteiger partial charge in [0, 0.05) is 17.3 Å². The number of halogens is 1. The molecule has 1 amide bonds. The van der Waals surface area contributed by atoms with E-state index in [-0.39, 0.29) is 12.6 Å². The Labute approximate surface area is 158 Å². The van der Waals surface area contributed by atoms with Crippen molar-refractivity contribution in [3.63, 3.8) is 0 Å². The second kappa shape index (κ2) is 6.06. The van der Waals surface area contributed by atoms with E-state index in [1.165, 1.54) is 15.8 Å². The van der Waals surface area contributed by atoms with E-state index in [1.54, 1.807) is 31.4 Å². The molecule has 1 aromatic carbocycles. The van der Waals surface area contributed by atoms with Crippen LogP contribution in [0.2, 0.25) is 0 Å². The maximum absolute atomic E-state index is 14.8. The molecule has 0 aliphatic carbocycles. The number of carbonyl (C=O) groups is 1. The summed E-state index contributed by atoms with van der Waals surface area (Å²) in [5.74, 6) is -0.0792. The van der Waals surface area contributed by atoms with E-state index >= 15 is 0 Å². The van der Waals surface area contributed by atoms with Gasteiger partial charge >= 0.3 is 6.09 Å². The standard InChI is InChI=1S/C18H15FN6O3/c1-24-22-17(21-23-24)13-3-2-9(7-20-13)11-4-10-5-15-16(8-26)28-18(27)25(15)14(10)6-12(11)19/h2-4,6-7,15-16,26H,5,8H2,1H3/t15-,16-/m0/s1. The number of aliphatic hydroxyl groups excluding tert-OH is 1. The summed E-state index contributed by atoms with van der Waals surface area (Å²) in [7, 11) is 1.66. The minimum atomic E-state index is -0.605. The zero-order valence-electron chi connectivity index (χ0n) is 14.8. The third-order valence-electron chi connectivity index (χ3n) is 5.06. The van der Waals surface area contributed by atoms with Gasteiger partial charge in [0.15, 0.2) is 0 Å². The number of tetrazole rings is 1. The summed E-state index contributed by atoms with van der Waals surface area (Å²) in [6.07, 6.45) is 0.885. The van der Waals surface area contributed by atoms with Crippen LogP contribution in [0, 0.1) is 5.82 Å². The Kier molecular flexibility index (Phi) is 3.63. The third-order valence-corrected chi connectivity index (χ3v) is 5.06. The fourth-order valence-electron chi connectivity index (χ4n) is 3.74. The lowest BCUT2D eigenvalue weighted by molar-refractivity contribution is 0.0830. The normalized spacial score (nSPS) is 20.2. The number of fused-ring (bicyclic) bond motifs is 3. The van der Waals surface area contributed by atoms with Crippen molar-refractivity contribution in [3.05, 3.63) is 41.8 Å². The SMILES string of the molecule is Cn1nnc(-c2ccc(-c3cc4c(cc3F)N3C(=O)O[C@@H](CO)[C@@H]3C4)cn2)n1. The molecule has 9 nitrogen and oxygen atoms in total. The van der Waals surface area contributed by atoms with E-state index in [0.717, 1.165) is 5.56 Å². The minimum absolute atomic E-state index is 0.266. The first kappa shape index (κ1) is 16.8. The Morgan fingerprint density at radius 3 is 2.89 bits per heavy atom. The Bertz CT molecular complexity index is 1080. The number of amides is 1. The summed E-state index contributed by atoms with van der Waals surface area (Å²) in [6.45, 7) is -0.266. The molecule has 2 aromatic heterocycles. The van der Waals surface area contributed by atoms with Gasteiger partial charge in [-0.2, -0.15) is 4.80 Å². The summed E-state index contributed by atoms with van der Waals surface area (Å²) in [5.41, 5.74) is 2.84. The van der Waals surface area contributed by atoms with E-state index in [9.17, 15) is 14.3 Å². The number of aliphatic hydroxyl groups is 1. The number of cyclic esters (lactones) is 1. The quantitative estimate of drug-likeness (QED) is 0.728. The lowest BCUT2D eigenvalue weighted by atomic mass is 10.00. The summed E-state index contributed by atoms with van der Waals surface area (Å²) in [6, 6.07) is 6.19. The van der Waals surface area contributed by atoms with Crippen LogP contribution in [0.5, 0.6) is 0 Å². The fraction of sp³-hybridized carbons (Fsp3) is 0.278.